The second kappa shape index (κ2) is 6.73. The first kappa shape index (κ1) is 14.1. The Kier molecular flexibility index (Phi) is 4.74. The minimum Gasteiger partial charge on any atom is -0.316 e. The van der Waals surface area contributed by atoms with Gasteiger partial charge in [0.05, 0.1) is 0 Å². The third-order valence-electron chi connectivity index (χ3n) is 5.01. The maximum absolute atomic E-state index is 3.52. The van der Waals surface area contributed by atoms with Crippen LogP contribution in [0.15, 0.2) is 24.3 Å². The summed E-state index contributed by atoms with van der Waals surface area (Å²) in [6.45, 7) is 6.98. The number of nitrogens with zero attached hydrogens (tertiary/aromatic N) is 1. The van der Waals surface area contributed by atoms with Gasteiger partial charge in [0.2, 0.25) is 0 Å². The second-order valence-electron chi connectivity index (χ2n) is 6.53. The van der Waals surface area contributed by atoms with E-state index in [9.17, 15) is 0 Å². The Bertz CT molecular complexity index is 429. The van der Waals surface area contributed by atoms with Crippen molar-refractivity contribution in [3.8, 4) is 0 Å². The fraction of sp³-hybridized carbons (Fsp3) is 0.667. The summed E-state index contributed by atoms with van der Waals surface area (Å²) in [5, 5.41) is 3.52. The molecule has 1 aromatic rings. The Labute approximate surface area is 123 Å². The molecule has 2 atom stereocenters. The zero-order valence-electron chi connectivity index (χ0n) is 12.8. The first-order valence-electron chi connectivity index (χ1n) is 8.38. The van der Waals surface area contributed by atoms with Crippen molar-refractivity contribution < 1.29 is 0 Å². The highest BCUT2D eigenvalue weighted by molar-refractivity contribution is 5.27. The van der Waals surface area contributed by atoms with Gasteiger partial charge in [-0.15, -0.1) is 0 Å². The molecule has 2 unspecified atom stereocenters. The van der Waals surface area contributed by atoms with E-state index in [1.807, 2.05) is 0 Å². The van der Waals surface area contributed by atoms with E-state index in [0.29, 0.717) is 0 Å². The number of piperidine rings is 1. The van der Waals surface area contributed by atoms with Crippen LogP contribution in [0, 0.1) is 5.92 Å². The van der Waals surface area contributed by atoms with E-state index in [0.717, 1.165) is 31.5 Å². The Morgan fingerprint density at radius 2 is 2.00 bits per heavy atom. The van der Waals surface area contributed by atoms with Crippen molar-refractivity contribution >= 4 is 0 Å². The van der Waals surface area contributed by atoms with Crippen molar-refractivity contribution in [2.75, 3.05) is 19.6 Å². The molecular weight excluding hydrogens is 244 g/mol. The highest BCUT2D eigenvalue weighted by Gasteiger charge is 2.37. The van der Waals surface area contributed by atoms with Crippen molar-refractivity contribution in [2.24, 2.45) is 5.92 Å². The molecule has 1 aromatic carbocycles. The number of rotatable bonds is 7. The van der Waals surface area contributed by atoms with Crippen molar-refractivity contribution in [3.63, 3.8) is 0 Å². The van der Waals surface area contributed by atoms with Gasteiger partial charge in [-0.05, 0) is 62.2 Å². The van der Waals surface area contributed by atoms with Crippen LogP contribution < -0.4 is 5.32 Å². The molecule has 1 heterocycles. The van der Waals surface area contributed by atoms with E-state index in [2.05, 4.69) is 41.4 Å². The Balaban J connectivity index is 1.58. The van der Waals surface area contributed by atoms with Crippen LogP contribution in [0.2, 0.25) is 0 Å². The molecular formula is C18H28N2. The standard InChI is InChI=1S/C18H28N2/c1-2-10-19-11-9-16-5-3-4-6-17(16)14-20-13-15-7-8-18(20)12-15/h3-6,15,18-19H,2,7-14H2,1H3. The molecule has 2 nitrogen and oxygen atoms in total. The molecule has 2 aliphatic rings. The van der Waals surface area contributed by atoms with Gasteiger partial charge in [0.15, 0.2) is 0 Å². The van der Waals surface area contributed by atoms with Crippen LogP contribution in [0.5, 0.6) is 0 Å². The highest BCUT2D eigenvalue weighted by atomic mass is 15.2. The molecule has 2 heteroatoms. The summed E-state index contributed by atoms with van der Waals surface area (Å²) in [7, 11) is 0. The molecule has 20 heavy (non-hydrogen) atoms. The number of hydrogen-bond acceptors (Lipinski definition) is 2. The third-order valence-corrected chi connectivity index (χ3v) is 5.01. The number of hydrogen-bond donors (Lipinski definition) is 1. The molecule has 2 bridgehead atoms. The van der Waals surface area contributed by atoms with Crippen LogP contribution in [-0.4, -0.2) is 30.6 Å². The predicted octanol–water partition coefficient (Wildman–Crippen LogP) is 3.21. The van der Waals surface area contributed by atoms with Gasteiger partial charge in [-0.1, -0.05) is 31.2 Å². The van der Waals surface area contributed by atoms with Gasteiger partial charge >= 0.3 is 0 Å². The minimum absolute atomic E-state index is 0.881. The zero-order valence-corrected chi connectivity index (χ0v) is 12.8. The minimum atomic E-state index is 0.881. The normalized spacial score (nSPS) is 25.4. The molecule has 3 rings (SSSR count). The first-order chi connectivity index (χ1) is 9.86. The lowest BCUT2D eigenvalue weighted by Crippen LogP contribution is -2.31. The Morgan fingerprint density at radius 1 is 1.15 bits per heavy atom. The second-order valence-corrected chi connectivity index (χ2v) is 6.53. The molecule has 2 fully saturated rings. The zero-order chi connectivity index (χ0) is 13.8. The van der Waals surface area contributed by atoms with Crippen LogP contribution in [0.25, 0.3) is 0 Å². The fourth-order valence-electron chi connectivity index (χ4n) is 3.92. The number of nitrogens with one attached hydrogen (secondary N) is 1. The van der Waals surface area contributed by atoms with Gasteiger partial charge in [-0.25, -0.2) is 0 Å². The van der Waals surface area contributed by atoms with Gasteiger partial charge in [-0.3, -0.25) is 4.90 Å². The summed E-state index contributed by atoms with van der Waals surface area (Å²) in [5.74, 6) is 0.999. The van der Waals surface area contributed by atoms with Crippen molar-refractivity contribution in [1.29, 1.82) is 0 Å². The topological polar surface area (TPSA) is 15.3 Å². The van der Waals surface area contributed by atoms with Crippen LogP contribution in [-0.2, 0) is 13.0 Å². The summed E-state index contributed by atoms with van der Waals surface area (Å²) >= 11 is 0. The SMILES string of the molecule is CCCNCCc1ccccc1CN1CC2CCC1C2. The summed E-state index contributed by atoms with van der Waals surface area (Å²) in [5.41, 5.74) is 3.09. The molecule has 1 saturated carbocycles. The quantitative estimate of drug-likeness (QED) is 0.767. The van der Waals surface area contributed by atoms with E-state index in [1.54, 1.807) is 11.1 Å². The molecule has 1 aliphatic heterocycles. The van der Waals surface area contributed by atoms with Gasteiger partial charge in [0, 0.05) is 19.1 Å². The molecule has 0 radical (unpaired) electrons. The summed E-state index contributed by atoms with van der Waals surface area (Å²) in [6, 6.07) is 9.92. The molecule has 0 spiro atoms. The number of fused-ring (bicyclic) bond motifs is 2. The third kappa shape index (κ3) is 3.24. The van der Waals surface area contributed by atoms with E-state index in [-0.39, 0.29) is 0 Å². The van der Waals surface area contributed by atoms with Crippen LogP contribution in [0.1, 0.15) is 43.7 Å². The van der Waals surface area contributed by atoms with Crippen molar-refractivity contribution in [2.45, 2.75) is 51.6 Å². The van der Waals surface area contributed by atoms with E-state index in [4.69, 9.17) is 0 Å². The fourth-order valence-corrected chi connectivity index (χ4v) is 3.92. The summed E-state index contributed by atoms with van der Waals surface area (Å²) < 4.78 is 0. The largest absolute Gasteiger partial charge is 0.316 e. The van der Waals surface area contributed by atoms with Gasteiger partial charge in [0.25, 0.3) is 0 Å². The summed E-state index contributed by atoms with van der Waals surface area (Å²) in [4.78, 5) is 2.73. The molecule has 1 N–H and O–H groups in total. The molecule has 1 saturated heterocycles. The highest BCUT2D eigenvalue weighted by Crippen LogP contribution is 2.38. The molecule has 0 amide bonds. The lowest BCUT2D eigenvalue weighted by atomic mass is 10.0. The van der Waals surface area contributed by atoms with Gasteiger partial charge in [0.1, 0.15) is 0 Å². The smallest absolute Gasteiger partial charge is 0.0239 e. The lowest BCUT2D eigenvalue weighted by Gasteiger charge is -2.27. The van der Waals surface area contributed by atoms with Crippen molar-refractivity contribution in [3.05, 3.63) is 35.4 Å². The molecule has 110 valence electrons. The van der Waals surface area contributed by atoms with Crippen LogP contribution >= 0.6 is 0 Å². The first-order valence-corrected chi connectivity index (χ1v) is 8.38. The van der Waals surface area contributed by atoms with Gasteiger partial charge < -0.3 is 5.32 Å². The van der Waals surface area contributed by atoms with E-state index in [1.165, 1.54) is 38.8 Å². The monoisotopic (exact) mass is 272 g/mol. The van der Waals surface area contributed by atoms with Gasteiger partial charge in [-0.2, -0.15) is 0 Å². The maximum atomic E-state index is 3.52. The van der Waals surface area contributed by atoms with E-state index < -0.39 is 0 Å². The van der Waals surface area contributed by atoms with E-state index >= 15 is 0 Å². The number of benzene rings is 1. The molecule has 1 aliphatic carbocycles. The van der Waals surface area contributed by atoms with Crippen LogP contribution in [0.4, 0.5) is 0 Å². The maximum Gasteiger partial charge on any atom is 0.0239 e. The van der Waals surface area contributed by atoms with Crippen LogP contribution in [0.3, 0.4) is 0 Å². The average Bonchev–Trinajstić information content (AvgIpc) is 3.08. The Morgan fingerprint density at radius 3 is 2.70 bits per heavy atom. The van der Waals surface area contributed by atoms with Crippen molar-refractivity contribution in [1.82, 2.24) is 10.2 Å². The molecule has 0 aromatic heterocycles. The average molecular weight is 272 g/mol. The Hall–Kier alpha value is -0.860. The summed E-state index contributed by atoms with van der Waals surface area (Å²) in [6.07, 6.45) is 6.76. The number of likely N-dealkylation sites (tertiary alicyclic amines) is 1. The predicted molar refractivity (Wildman–Crippen MR) is 84.8 cm³/mol. The lowest BCUT2D eigenvalue weighted by molar-refractivity contribution is 0.205.